The van der Waals surface area contributed by atoms with Gasteiger partial charge in [-0.05, 0) is 53.4 Å². The zero-order chi connectivity index (χ0) is 20.6. The third kappa shape index (κ3) is 2.08. The Morgan fingerprint density at radius 3 is 1.43 bits per heavy atom. The van der Waals surface area contributed by atoms with Crippen LogP contribution in [-0.4, -0.2) is 17.6 Å². The first kappa shape index (κ1) is 17.3. The van der Waals surface area contributed by atoms with Crippen molar-refractivity contribution in [3.63, 3.8) is 0 Å². The molecule has 0 radical (unpaired) electrons. The summed E-state index contributed by atoms with van der Waals surface area (Å²) >= 11 is 0. The summed E-state index contributed by atoms with van der Waals surface area (Å²) < 4.78 is 0. The van der Waals surface area contributed by atoms with Crippen LogP contribution in [0.3, 0.4) is 0 Å². The number of carbonyl (C=O) groups excluding carboxylic acids is 3. The van der Waals surface area contributed by atoms with Gasteiger partial charge in [0.1, 0.15) is 0 Å². The van der Waals surface area contributed by atoms with Gasteiger partial charge < -0.3 is 0 Å². The zero-order valence-electron chi connectivity index (χ0n) is 16.4. The van der Waals surface area contributed by atoms with E-state index in [1.54, 1.807) is 24.3 Å². The molecule has 0 N–H and O–H groups in total. The largest absolute Gasteiger partial charge is 0.295 e. The van der Waals surface area contributed by atoms with Crippen molar-refractivity contribution in [2.75, 3.05) is 4.90 Å². The Labute approximate surface area is 174 Å². The molecule has 0 unspecified atom stereocenters. The Hall–Kier alpha value is -3.53. The number of imide groups is 1. The fraction of sp³-hybridized carbons (Fsp3) is 0.192. The molecule has 30 heavy (non-hydrogen) atoms. The maximum absolute atomic E-state index is 13.6. The van der Waals surface area contributed by atoms with Crippen LogP contribution >= 0.6 is 0 Å². The molecule has 3 aromatic rings. The van der Waals surface area contributed by atoms with E-state index in [1.165, 1.54) is 11.8 Å². The van der Waals surface area contributed by atoms with Gasteiger partial charge in [-0.25, -0.2) is 4.90 Å². The summed E-state index contributed by atoms with van der Waals surface area (Å²) in [6.45, 7) is 1.50. The molecule has 3 aliphatic carbocycles. The molecule has 4 heteroatoms. The number of anilines is 1. The lowest BCUT2D eigenvalue weighted by Crippen LogP contribution is -2.41. The van der Waals surface area contributed by atoms with Crippen molar-refractivity contribution >= 4 is 23.3 Å². The van der Waals surface area contributed by atoms with Crippen molar-refractivity contribution in [3.8, 4) is 0 Å². The summed E-state index contributed by atoms with van der Waals surface area (Å²) in [5.74, 6) is -1.31. The summed E-state index contributed by atoms with van der Waals surface area (Å²) in [5, 5.41) is 0. The fourth-order valence-corrected chi connectivity index (χ4v) is 5.78. The van der Waals surface area contributed by atoms with Crippen molar-refractivity contribution < 1.29 is 14.4 Å². The molecule has 0 saturated carbocycles. The molecule has 1 aliphatic heterocycles. The van der Waals surface area contributed by atoms with E-state index in [2.05, 4.69) is 24.3 Å². The molecule has 1 fully saturated rings. The number of Topliss-reactive ketones (excluding diaryl/α,β-unsaturated/α-hetero) is 1. The van der Waals surface area contributed by atoms with Gasteiger partial charge in [0.25, 0.3) is 0 Å². The highest BCUT2D eigenvalue weighted by atomic mass is 16.2. The molecule has 2 amide bonds. The summed E-state index contributed by atoms with van der Waals surface area (Å²) in [6.07, 6.45) is 0. The number of hydrogen-bond acceptors (Lipinski definition) is 3. The molecule has 2 bridgehead atoms. The van der Waals surface area contributed by atoms with Crippen LogP contribution in [-0.2, 0) is 9.59 Å². The minimum atomic E-state index is -0.389. The van der Waals surface area contributed by atoms with Crippen molar-refractivity contribution in [3.05, 3.63) is 101 Å². The average molecular weight is 393 g/mol. The molecule has 146 valence electrons. The first-order chi connectivity index (χ1) is 14.6. The van der Waals surface area contributed by atoms with E-state index < -0.39 is 0 Å². The van der Waals surface area contributed by atoms with Crippen molar-refractivity contribution in [2.45, 2.75) is 18.8 Å². The molecule has 1 heterocycles. The van der Waals surface area contributed by atoms with Gasteiger partial charge in [0, 0.05) is 17.4 Å². The average Bonchev–Trinajstić information content (AvgIpc) is 3.04. The van der Waals surface area contributed by atoms with Gasteiger partial charge in [-0.3, -0.25) is 14.4 Å². The minimum absolute atomic E-state index is 0.0433. The van der Waals surface area contributed by atoms with Gasteiger partial charge in [-0.15, -0.1) is 0 Å². The second-order valence-corrected chi connectivity index (χ2v) is 8.38. The number of carbonyl (C=O) groups is 3. The van der Waals surface area contributed by atoms with Crippen LogP contribution in [0, 0.1) is 11.8 Å². The van der Waals surface area contributed by atoms with Gasteiger partial charge in [0.05, 0.1) is 17.5 Å². The van der Waals surface area contributed by atoms with Crippen molar-refractivity contribution in [1.29, 1.82) is 0 Å². The lowest BCUT2D eigenvalue weighted by molar-refractivity contribution is -0.122. The van der Waals surface area contributed by atoms with E-state index in [0.29, 0.717) is 11.3 Å². The standard InChI is InChI=1S/C26H19NO3/c1-14(28)15-10-12-16(13-11-15)27-25(29)23-21-17-6-2-3-7-18(17)22(24(23)26(27)30)20-9-5-4-8-19(20)21/h2-13,21-24H,1H3/t21?,22?,23-,24-/m0/s1. The molecule has 1 saturated heterocycles. The number of rotatable bonds is 2. The van der Waals surface area contributed by atoms with Gasteiger partial charge in [0.2, 0.25) is 11.8 Å². The molecule has 2 atom stereocenters. The van der Waals surface area contributed by atoms with Gasteiger partial charge in [-0.2, -0.15) is 0 Å². The molecule has 7 rings (SSSR count). The highest BCUT2D eigenvalue weighted by Crippen LogP contribution is 2.61. The maximum Gasteiger partial charge on any atom is 0.238 e. The molecular formula is C26H19NO3. The van der Waals surface area contributed by atoms with Crippen molar-refractivity contribution in [1.82, 2.24) is 0 Å². The number of amides is 2. The summed E-state index contributed by atoms with van der Waals surface area (Å²) in [4.78, 5) is 40.2. The van der Waals surface area contributed by atoms with Crippen LogP contribution in [0.2, 0.25) is 0 Å². The Morgan fingerprint density at radius 1 is 0.667 bits per heavy atom. The molecule has 0 spiro atoms. The third-order valence-corrected chi connectivity index (χ3v) is 6.98. The van der Waals surface area contributed by atoms with Crippen LogP contribution < -0.4 is 4.90 Å². The Kier molecular flexibility index (Phi) is 3.46. The number of benzene rings is 3. The lowest BCUT2D eigenvalue weighted by Gasteiger charge is -2.45. The highest BCUT2D eigenvalue weighted by molar-refractivity contribution is 6.23. The third-order valence-electron chi connectivity index (χ3n) is 6.98. The fourth-order valence-electron chi connectivity index (χ4n) is 5.78. The zero-order valence-corrected chi connectivity index (χ0v) is 16.4. The second kappa shape index (κ2) is 5.99. The first-order valence-electron chi connectivity index (χ1n) is 10.2. The Bertz CT molecular complexity index is 1130. The van der Waals surface area contributed by atoms with Gasteiger partial charge >= 0.3 is 0 Å². The van der Waals surface area contributed by atoms with E-state index >= 15 is 0 Å². The summed E-state index contributed by atoms with van der Waals surface area (Å²) in [6, 6.07) is 23.2. The molecule has 3 aromatic carbocycles. The number of hydrogen-bond donors (Lipinski definition) is 0. The Balaban J connectivity index is 1.51. The van der Waals surface area contributed by atoms with E-state index in [4.69, 9.17) is 0 Å². The quantitative estimate of drug-likeness (QED) is 0.482. The van der Waals surface area contributed by atoms with E-state index in [0.717, 1.165) is 22.3 Å². The monoisotopic (exact) mass is 393 g/mol. The van der Waals surface area contributed by atoms with E-state index in [1.807, 2.05) is 24.3 Å². The second-order valence-electron chi connectivity index (χ2n) is 8.38. The maximum atomic E-state index is 13.6. The predicted octanol–water partition coefficient (Wildman–Crippen LogP) is 4.29. The minimum Gasteiger partial charge on any atom is -0.295 e. The molecular weight excluding hydrogens is 374 g/mol. The lowest BCUT2D eigenvalue weighted by atomic mass is 9.55. The number of ketones is 1. The molecule has 4 aliphatic rings. The van der Waals surface area contributed by atoms with Crippen LogP contribution in [0.25, 0.3) is 0 Å². The normalized spacial score (nSPS) is 25.7. The summed E-state index contributed by atoms with van der Waals surface area (Å²) in [7, 11) is 0. The van der Waals surface area contributed by atoms with Gasteiger partial charge in [0.15, 0.2) is 5.78 Å². The van der Waals surface area contributed by atoms with Crippen LogP contribution in [0.1, 0.15) is 51.4 Å². The van der Waals surface area contributed by atoms with E-state index in [9.17, 15) is 14.4 Å². The first-order valence-corrected chi connectivity index (χ1v) is 10.2. The van der Waals surface area contributed by atoms with Crippen molar-refractivity contribution in [2.24, 2.45) is 11.8 Å². The van der Waals surface area contributed by atoms with Gasteiger partial charge in [-0.1, -0.05) is 48.5 Å². The molecule has 4 nitrogen and oxygen atoms in total. The smallest absolute Gasteiger partial charge is 0.238 e. The van der Waals surface area contributed by atoms with Crippen LogP contribution in [0.4, 0.5) is 5.69 Å². The van der Waals surface area contributed by atoms with Crippen LogP contribution in [0.15, 0.2) is 72.8 Å². The summed E-state index contributed by atoms with van der Waals surface area (Å²) in [5.41, 5.74) is 5.76. The SMILES string of the molecule is CC(=O)c1ccc(N2C(=O)[C@H]3C4c5ccccc5C(c5ccccc54)[C@@H]3C2=O)cc1. The van der Waals surface area contributed by atoms with Crippen LogP contribution in [0.5, 0.6) is 0 Å². The Morgan fingerprint density at radius 2 is 1.07 bits per heavy atom. The predicted molar refractivity (Wildman–Crippen MR) is 112 cm³/mol. The highest BCUT2D eigenvalue weighted by Gasteiger charge is 2.61. The number of nitrogens with zero attached hydrogens (tertiary/aromatic N) is 1. The van der Waals surface area contributed by atoms with E-state index in [-0.39, 0.29) is 41.3 Å². The topological polar surface area (TPSA) is 54.5 Å². The molecule has 0 aromatic heterocycles.